The van der Waals surface area contributed by atoms with Gasteiger partial charge in [0.25, 0.3) is 0 Å². The van der Waals surface area contributed by atoms with Crippen molar-refractivity contribution in [2.45, 2.75) is 20.3 Å². The van der Waals surface area contributed by atoms with Gasteiger partial charge in [-0.25, -0.2) is 0 Å². The monoisotopic (exact) mass is 213 g/mol. The Bertz CT molecular complexity index is 292. The smallest absolute Gasteiger partial charge is 0.229 e. The summed E-state index contributed by atoms with van der Waals surface area (Å²) in [6.45, 7) is 4.10. The van der Waals surface area contributed by atoms with Gasteiger partial charge in [0.2, 0.25) is 11.8 Å². The first-order chi connectivity index (χ1) is 6.56. The maximum atomic E-state index is 11.6. The molecule has 2 aliphatic heterocycles. The number of nitrogens with one attached hydrogen (secondary N) is 1. The predicted molar refractivity (Wildman–Crippen MR) is 55.9 cm³/mol. The maximum Gasteiger partial charge on any atom is 0.229 e. The van der Waals surface area contributed by atoms with Crippen LogP contribution in [0.3, 0.4) is 0 Å². The summed E-state index contributed by atoms with van der Waals surface area (Å²) in [7, 11) is 0. The van der Waals surface area contributed by atoms with Crippen molar-refractivity contribution in [1.82, 2.24) is 5.32 Å². The summed E-state index contributed by atoms with van der Waals surface area (Å²) < 4.78 is 0. The van der Waals surface area contributed by atoms with Gasteiger partial charge in [0.05, 0.1) is 0 Å². The fourth-order valence-electron chi connectivity index (χ4n) is 2.51. The van der Waals surface area contributed by atoms with Crippen LogP contribution in [0.1, 0.15) is 20.3 Å². The summed E-state index contributed by atoms with van der Waals surface area (Å²) in [5, 5.41) is 2.41. The number of imide groups is 1. The van der Waals surface area contributed by atoms with Crippen molar-refractivity contribution in [3.63, 3.8) is 0 Å². The standard InChI is InChI=1S/C10H15NO2S/c1-6-4-14-5-10(6)3-8(12)11-9(13)7(10)2/h6-7H,3-5H2,1-2H3,(H,11,12,13). The van der Waals surface area contributed by atoms with Crippen molar-refractivity contribution in [2.24, 2.45) is 17.3 Å². The van der Waals surface area contributed by atoms with Crippen molar-refractivity contribution >= 4 is 23.6 Å². The van der Waals surface area contributed by atoms with Crippen LogP contribution in [0.2, 0.25) is 0 Å². The van der Waals surface area contributed by atoms with Crippen molar-refractivity contribution in [3.05, 3.63) is 0 Å². The molecule has 14 heavy (non-hydrogen) atoms. The van der Waals surface area contributed by atoms with Crippen LogP contribution in [0, 0.1) is 17.3 Å². The Balaban J connectivity index is 2.31. The second-order valence-electron chi connectivity index (χ2n) is 4.46. The second kappa shape index (κ2) is 3.26. The van der Waals surface area contributed by atoms with E-state index in [9.17, 15) is 9.59 Å². The van der Waals surface area contributed by atoms with E-state index in [1.165, 1.54) is 0 Å². The second-order valence-corrected chi connectivity index (χ2v) is 5.49. The zero-order valence-corrected chi connectivity index (χ0v) is 9.32. The molecular formula is C10H15NO2S. The molecule has 4 heteroatoms. The maximum absolute atomic E-state index is 11.6. The number of rotatable bonds is 0. The lowest BCUT2D eigenvalue weighted by Gasteiger charge is -2.40. The fraction of sp³-hybridized carbons (Fsp3) is 0.800. The van der Waals surface area contributed by atoms with E-state index < -0.39 is 0 Å². The van der Waals surface area contributed by atoms with Crippen molar-refractivity contribution in [2.75, 3.05) is 11.5 Å². The number of thioether (sulfide) groups is 1. The summed E-state index contributed by atoms with van der Waals surface area (Å²) in [5.74, 6) is 2.29. The number of carbonyl (C=O) groups excluding carboxylic acids is 2. The number of carbonyl (C=O) groups is 2. The highest BCUT2D eigenvalue weighted by atomic mass is 32.2. The Morgan fingerprint density at radius 2 is 2.14 bits per heavy atom. The fourth-order valence-corrected chi connectivity index (χ4v) is 4.33. The molecule has 2 rings (SSSR count). The number of piperidine rings is 1. The molecule has 3 nitrogen and oxygen atoms in total. The van der Waals surface area contributed by atoms with Gasteiger partial charge in [-0.1, -0.05) is 13.8 Å². The Kier molecular flexibility index (Phi) is 2.33. The molecule has 0 aromatic heterocycles. The van der Waals surface area contributed by atoms with Crippen LogP contribution in [-0.4, -0.2) is 23.3 Å². The highest BCUT2D eigenvalue weighted by Gasteiger charge is 2.51. The summed E-state index contributed by atoms with van der Waals surface area (Å²) in [6, 6.07) is 0. The minimum absolute atomic E-state index is 0.0230. The largest absolute Gasteiger partial charge is 0.296 e. The van der Waals surface area contributed by atoms with E-state index in [2.05, 4.69) is 12.2 Å². The molecule has 78 valence electrons. The quantitative estimate of drug-likeness (QED) is 0.611. The van der Waals surface area contributed by atoms with Crippen molar-refractivity contribution < 1.29 is 9.59 Å². The van der Waals surface area contributed by atoms with Crippen LogP contribution < -0.4 is 5.32 Å². The van der Waals surface area contributed by atoms with Gasteiger partial charge in [0, 0.05) is 23.5 Å². The molecule has 1 spiro atoms. The minimum atomic E-state index is -0.0950. The highest BCUT2D eigenvalue weighted by Crippen LogP contribution is 2.50. The molecule has 0 aromatic rings. The molecule has 1 N–H and O–H groups in total. The summed E-state index contributed by atoms with van der Waals surface area (Å²) >= 11 is 1.86. The molecule has 3 unspecified atom stereocenters. The number of amides is 2. The van der Waals surface area contributed by atoms with E-state index in [-0.39, 0.29) is 23.1 Å². The summed E-state index contributed by atoms with van der Waals surface area (Å²) in [6.07, 6.45) is 0.522. The van der Waals surface area contributed by atoms with Crippen LogP contribution in [0.4, 0.5) is 0 Å². The minimum Gasteiger partial charge on any atom is -0.296 e. The Morgan fingerprint density at radius 1 is 1.43 bits per heavy atom. The zero-order valence-electron chi connectivity index (χ0n) is 8.50. The Hall–Kier alpha value is -0.510. The molecular weight excluding hydrogens is 198 g/mol. The first-order valence-electron chi connectivity index (χ1n) is 4.98. The molecule has 0 radical (unpaired) electrons. The van der Waals surface area contributed by atoms with E-state index in [4.69, 9.17) is 0 Å². The average molecular weight is 213 g/mol. The molecule has 3 atom stereocenters. The first kappa shape index (κ1) is 10.0. The summed E-state index contributed by atoms with van der Waals surface area (Å²) in [5.41, 5.74) is -0.0654. The van der Waals surface area contributed by atoms with E-state index in [1.807, 2.05) is 18.7 Å². The molecule has 0 aliphatic carbocycles. The van der Waals surface area contributed by atoms with Crippen LogP contribution in [0.25, 0.3) is 0 Å². The van der Waals surface area contributed by atoms with Crippen LogP contribution in [0.5, 0.6) is 0 Å². The highest BCUT2D eigenvalue weighted by molar-refractivity contribution is 7.99. The average Bonchev–Trinajstić information content (AvgIpc) is 2.45. The lowest BCUT2D eigenvalue weighted by molar-refractivity contribution is -0.143. The van der Waals surface area contributed by atoms with Crippen LogP contribution in [0.15, 0.2) is 0 Å². The number of hydrogen-bond acceptors (Lipinski definition) is 3. The SMILES string of the molecule is CC1CSCC12CC(=O)NC(=O)C2C. The van der Waals surface area contributed by atoms with E-state index in [0.717, 1.165) is 11.5 Å². The van der Waals surface area contributed by atoms with Crippen molar-refractivity contribution in [3.8, 4) is 0 Å². The zero-order chi connectivity index (χ0) is 10.3. The van der Waals surface area contributed by atoms with Gasteiger partial charge in [0.1, 0.15) is 0 Å². The van der Waals surface area contributed by atoms with Crippen molar-refractivity contribution in [1.29, 1.82) is 0 Å². The number of hydrogen-bond donors (Lipinski definition) is 1. The third-order valence-corrected chi connectivity index (χ3v) is 5.21. The van der Waals surface area contributed by atoms with Gasteiger partial charge < -0.3 is 0 Å². The van der Waals surface area contributed by atoms with Gasteiger partial charge in [-0.3, -0.25) is 14.9 Å². The van der Waals surface area contributed by atoms with Gasteiger partial charge in [-0.05, 0) is 11.7 Å². The molecule has 2 aliphatic rings. The lowest BCUT2D eigenvalue weighted by atomic mass is 9.65. The molecule has 0 saturated carbocycles. The molecule has 2 saturated heterocycles. The topological polar surface area (TPSA) is 46.2 Å². The molecule has 2 heterocycles. The van der Waals surface area contributed by atoms with Crippen LogP contribution >= 0.6 is 11.8 Å². The Morgan fingerprint density at radius 3 is 2.71 bits per heavy atom. The molecule has 0 bridgehead atoms. The van der Waals surface area contributed by atoms with E-state index >= 15 is 0 Å². The predicted octanol–water partition coefficient (Wildman–Crippen LogP) is 1.04. The van der Waals surface area contributed by atoms with E-state index in [0.29, 0.717) is 12.3 Å². The Labute approximate surface area is 88.0 Å². The third-order valence-electron chi connectivity index (χ3n) is 3.73. The first-order valence-corrected chi connectivity index (χ1v) is 6.13. The molecule has 2 amide bonds. The van der Waals surface area contributed by atoms with E-state index in [1.54, 1.807) is 0 Å². The normalized spacial score (nSPS) is 43.0. The van der Waals surface area contributed by atoms with Gasteiger partial charge in [-0.2, -0.15) is 11.8 Å². The van der Waals surface area contributed by atoms with Crippen LogP contribution in [-0.2, 0) is 9.59 Å². The lowest BCUT2D eigenvalue weighted by Crippen LogP contribution is -2.53. The molecule has 2 fully saturated rings. The van der Waals surface area contributed by atoms with Gasteiger partial charge in [0.15, 0.2) is 0 Å². The molecule has 0 aromatic carbocycles. The van der Waals surface area contributed by atoms with Gasteiger partial charge >= 0.3 is 0 Å². The van der Waals surface area contributed by atoms with Gasteiger partial charge in [-0.15, -0.1) is 0 Å². The third kappa shape index (κ3) is 1.28. The summed E-state index contributed by atoms with van der Waals surface area (Å²) in [4.78, 5) is 23.0.